The lowest BCUT2D eigenvalue weighted by Gasteiger charge is -2.33. The van der Waals surface area contributed by atoms with E-state index in [4.69, 9.17) is 5.73 Å². The summed E-state index contributed by atoms with van der Waals surface area (Å²) in [5.74, 6) is 0.768. The van der Waals surface area contributed by atoms with Crippen molar-refractivity contribution >= 4 is 23.3 Å². The largest absolute Gasteiger partial charge is 0.366 e. The Kier molecular flexibility index (Phi) is 5.66. The third-order valence-corrected chi connectivity index (χ3v) is 5.42. The highest BCUT2D eigenvalue weighted by Gasteiger charge is 2.27. The third-order valence-electron chi connectivity index (χ3n) is 5.42. The lowest BCUT2D eigenvalue weighted by atomic mass is 9.97. The SMILES string of the molecule is Cc1cc(C)n(-c2cc(N3CCCC(C(=O)Nc4ccc(C(N)=O)cc4)C3)ncn2)n1. The van der Waals surface area contributed by atoms with Crippen molar-refractivity contribution in [2.75, 3.05) is 23.3 Å². The van der Waals surface area contributed by atoms with Gasteiger partial charge in [-0.2, -0.15) is 5.10 Å². The van der Waals surface area contributed by atoms with E-state index in [1.165, 1.54) is 6.33 Å². The molecular formula is C22H25N7O2. The fourth-order valence-electron chi connectivity index (χ4n) is 3.85. The third kappa shape index (κ3) is 4.55. The predicted octanol–water partition coefficient (Wildman–Crippen LogP) is 2.23. The van der Waals surface area contributed by atoms with Crippen LogP contribution >= 0.6 is 0 Å². The van der Waals surface area contributed by atoms with Crippen molar-refractivity contribution in [2.45, 2.75) is 26.7 Å². The highest BCUT2D eigenvalue weighted by Crippen LogP contribution is 2.24. The number of piperidine rings is 1. The van der Waals surface area contributed by atoms with Gasteiger partial charge in [-0.3, -0.25) is 9.59 Å². The molecule has 9 nitrogen and oxygen atoms in total. The first-order valence-electron chi connectivity index (χ1n) is 10.2. The molecule has 1 unspecified atom stereocenters. The summed E-state index contributed by atoms with van der Waals surface area (Å²) in [4.78, 5) is 34.9. The summed E-state index contributed by atoms with van der Waals surface area (Å²) < 4.78 is 1.80. The number of aromatic nitrogens is 4. The second-order valence-electron chi connectivity index (χ2n) is 7.79. The molecule has 0 aliphatic carbocycles. The van der Waals surface area contributed by atoms with Crippen molar-refractivity contribution in [3.8, 4) is 5.82 Å². The molecule has 4 rings (SSSR count). The van der Waals surface area contributed by atoms with Crippen molar-refractivity contribution < 1.29 is 9.59 Å². The Morgan fingerprint density at radius 2 is 1.84 bits per heavy atom. The molecule has 2 amide bonds. The van der Waals surface area contributed by atoms with Crippen LogP contribution in [0.2, 0.25) is 0 Å². The average molecular weight is 419 g/mol. The van der Waals surface area contributed by atoms with Crippen molar-refractivity contribution in [2.24, 2.45) is 11.7 Å². The molecule has 31 heavy (non-hydrogen) atoms. The maximum absolute atomic E-state index is 12.8. The zero-order valence-electron chi connectivity index (χ0n) is 17.6. The molecule has 0 bridgehead atoms. The monoisotopic (exact) mass is 419 g/mol. The van der Waals surface area contributed by atoms with Crippen LogP contribution in [0.1, 0.15) is 34.6 Å². The minimum atomic E-state index is -0.495. The maximum atomic E-state index is 12.8. The fraction of sp³-hybridized carbons (Fsp3) is 0.318. The fourth-order valence-corrected chi connectivity index (χ4v) is 3.85. The number of anilines is 2. The topological polar surface area (TPSA) is 119 Å². The lowest BCUT2D eigenvalue weighted by Crippen LogP contribution is -2.41. The van der Waals surface area contributed by atoms with E-state index in [0.29, 0.717) is 23.6 Å². The first-order chi connectivity index (χ1) is 14.9. The second kappa shape index (κ2) is 8.55. The molecule has 1 aliphatic heterocycles. The van der Waals surface area contributed by atoms with E-state index in [0.717, 1.165) is 36.6 Å². The van der Waals surface area contributed by atoms with Crippen molar-refractivity contribution in [1.82, 2.24) is 19.7 Å². The van der Waals surface area contributed by atoms with Gasteiger partial charge in [0.05, 0.1) is 11.6 Å². The molecule has 0 spiro atoms. The predicted molar refractivity (Wildman–Crippen MR) is 117 cm³/mol. The normalized spacial score (nSPS) is 16.2. The van der Waals surface area contributed by atoms with Crippen molar-refractivity contribution in [3.05, 3.63) is 59.7 Å². The molecule has 1 atom stereocenters. The van der Waals surface area contributed by atoms with Gasteiger partial charge in [-0.1, -0.05) is 0 Å². The van der Waals surface area contributed by atoms with Gasteiger partial charge >= 0.3 is 0 Å². The van der Waals surface area contributed by atoms with Gasteiger partial charge in [-0.25, -0.2) is 14.6 Å². The standard InChI is InChI=1S/C22H25N7O2/c1-14-10-15(2)29(27-14)20-11-19(24-13-25-20)28-9-3-4-17(12-28)22(31)26-18-7-5-16(6-8-18)21(23)30/h5-8,10-11,13,17H,3-4,9,12H2,1-2H3,(H2,23,30)(H,26,31). The molecule has 160 valence electrons. The number of carbonyl (C=O) groups excluding carboxylic acids is 2. The molecule has 1 fully saturated rings. The van der Waals surface area contributed by atoms with Gasteiger partial charge in [0.2, 0.25) is 11.8 Å². The molecule has 0 radical (unpaired) electrons. The smallest absolute Gasteiger partial charge is 0.248 e. The number of aryl methyl sites for hydroxylation is 2. The van der Waals surface area contributed by atoms with Crippen LogP contribution in [0.15, 0.2) is 42.7 Å². The van der Waals surface area contributed by atoms with Gasteiger partial charge in [-0.05, 0) is 57.0 Å². The Balaban J connectivity index is 1.46. The number of hydrogen-bond donors (Lipinski definition) is 2. The van der Waals surface area contributed by atoms with Gasteiger partial charge in [-0.15, -0.1) is 0 Å². The number of nitrogens with zero attached hydrogens (tertiary/aromatic N) is 5. The highest BCUT2D eigenvalue weighted by molar-refractivity contribution is 5.95. The van der Waals surface area contributed by atoms with E-state index in [2.05, 4.69) is 25.3 Å². The van der Waals surface area contributed by atoms with E-state index in [1.807, 2.05) is 26.0 Å². The number of rotatable bonds is 5. The van der Waals surface area contributed by atoms with Crippen LogP contribution in [-0.2, 0) is 4.79 Å². The number of benzene rings is 1. The van der Waals surface area contributed by atoms with Crippen LogP contribution in [0, 0.1) is 19.8 Å². The number of nitrogens with one attached hydrogen (secondary N) is 1. The van der Waals surface area contributed by atoms with Gasteiger partial charge in [0.15, 0.2) is 5.82 Å². The Hall–Kier alpha value is -3.75. The van der Waals surface area contributed by atoms with E-state index in [1.54, 1.807) is 28.9 Å². The molecule has 0 saturated carbocycles. The molecule has 9 heteroatoms. The summed E-state index contributed by atoms with van der Waals surface area (Å²) in [7, 11) is 0. The van der Waals surface area contributed by atoms with Crippen molar-refractivity contribution in [3.63, 3.8) is 0 Å². The zero-order chi connectivity index (χ0) is 22.0. The molecule has 2 aromatic heterocycles. The highest BCUT2D eigenvalue weighted by atomic mass is 16.2. The zero-order valence-corrected chi connectivity index (χ0v) is 17.6. The average Bonchev–Trinajstić information content (AvgIpc) is 3.12. The molecule has 3 heterocycles. The summed E-state index contributed by atoms with van der Waals surface area (Å²) >= 11 is 0. The number of carbonyl (C=O) groups is 2. The van der Waals surface area contributed by atoms with Crippen LogP contribution in [-0.4, -0.2) is 44.7 Å². The van der Waals surface area contributed by atoms with Crippen LogP contribution in [0.3, 0.4) is 0 Å². The quantitative estimate of drug-likeness (QED) is 0.655. The molecule has 3 aromatic rings. The first kappa shape index (κ1) is 20.5. The van der Waals surface area contributed by atoms with Crippen molar-refractivity contribution in [1.29, 1.82) is 0 Å². The second-order valence-corrected chi connectivity index (χ2v) is 7.79. The van der Waals surface area contributed by atoms with E-state index < -0.39 is 5.91 Å². The van der Waals surface area contributed by atoms with Crippen LogP contribution in [0.25, 0.3) is 5.82 Å². The van der Waals surface area contributed by atoms with Crippen LogP contribution in [0.4, 0.5) is 11.5 Å². The minimum absolute atomic E-state index is 0.0515. The number of hydrogen-bond acceptors (Lipinski definition) is 6. The summed E-state index contributed by atoms with van der Waals surface area (Å²) in [5, 5.41) is 7.42. The minimum Gasteiger partial charge on any atom is -0.366 e. The van der Waals surface area contributed by atoms with Gasteiger partial charge in [0.25, 0.3) is 0 Å². The van der Waals surface area contributed by atoms with E-state index in [-0.39, 0.29) is 11.8 Å². The Bertz CT molecular complexity index is 1110. The van der Waals surface area contributed by atoms with Gasteiger partial charge in [0, 0.05) is 36.1 Å². The molecular weight excluding hydrogens is 394 g/mol. The summed E-state index contributed by atoms with van der Waals surface area (Å²) in [6.45, 7) is 5.32. The first-order valence-corrected chi connectivity index (χ1v) is 10.2. The van der Waals surface area contributed by atoms with Crippen LogP contribution < -0.4 is 16.0 Å². The molecule has 1 aliphatic rings. The summed E-state index contributed by atoms with van der Waals surface area (Å²) in [6.07, 6.45) is 3.22. The molecule has 3 N–H and O–H groups in total. The number of primary amides is 1. The Labute approximate surface area is 180 Å². The number of nitrogens with two attached hydrogens (primary N) is 1. The van der Waals surface area contributed by atoms with E-state index in [9.17, 15) is 9.59 Å². The molecule has 1 saturated heterocycles. The summed E-state index contributed by atoms with van der Waals surface area (Å²) in [6, 6.07) is 10.5. The Morgan fingerprint density at radius 1 is 1.10 bits per heavy atom. The van der Waals surface area contributed by atoms with E-state index >= 15 is 0 Å². The Morgan fingerprint density at radius 3 is 2.52 bits per heavy atom. The van der Waals surface area contributed by atoms with Gasteiger partial charge in [0.1, 0.15) is 12.1 Å². The summed E-state index contributed by atoms with van der Waals surface area (Å²) in [5.41, 5.74) is 8.24. The van der Waals surface area contributed by atoms with Crippen LogP contribution in [0.5, 0.6) is 0 Å². The number of amides is 2. The maximum Gasteiger partial charge on any atom is 0.248 e. The van der Waals surface area contributed by atoms with Gasteiger partial charge < -0.3 is 16.0 Å². The molecule has 1 aromatic carbocycles. The lowest BCUT2D eigenvalue weighted by molar-refractivity contribution is -0.120.